The lowest BCUT2D eigenvalue weighted by molar-refractivity contribution is -0.111. The molecule has 1 aromatic carbocycles. The number of methoxy groups -OCH3 is 1. The van der Waals surface area contributed by atoms with Crippen LogP contribution in [-0.4, -0.2) is 23.8 Å². The number of benzene rings is 1. The Balaban J connectivity index is 2.00. The molecule has 0 bridgehead atoms. The molecule has 5 nitrogen and oxygen atoms in total. The number of nitrogens with one attached hydrogen (secondary N) is 1. The standard InChI is InChI=1S/C15H14N2O3S/c1-10(18)13-9-21-15(16-13)17-14(19)7-6-11-4-3-5-12(8-11)20-2/h3-9H,1-2H3,(H,16,17,19)/b7-6+. The molecule has 0 radical (unpaired) electrons. The number of carbonyl (C=O) groups excluding carboxylic acids is 2. The van der Waals surface area contributed by atoms with Crippen molar-refractivity contribution in [2.24, 2.45) is 0 Å². The molecule has 0 saturated carbocycles. The van der Waals surface area contributed by atoms with E-state index in [1.807, 2.05) is 24.3 Å². The molecule has 6 heteroatoms. The van der Waals surface area contributed by atoms with Gasteiger partial charge in [-0.15, -0.1) is 11.3 Å². The molecular weight excluding hydrogens is 288 g/mol. The monoisotopic (exact) mass is 302 g/mol. The van der Waals surface area contributed by atoms with Crippen LogP contribution in [-0.2, 0) is 4.79 Å². The second kappa shape index (κ2) is 6.81. The Morgan fingerprint density at radius 2 is 2.19 bits per heavy atom. The van der Waals surface area contributed by atoms with E-state index in [4.69, 9.17) is 4.74 Å². The van der Waals surface area contributed by atoms with Crippen molar-refractivity contribution in [1.82, 2.24) is 4.98 Å². The zero-order valence-electron chi connectivity index (χ0n) is 11.6. The van der Waals surface area contributed by atoms with Crippen LogP contribution in [0.5, 0.6) is 5.75 Å². The van der Waals surface area contributed by atoms with E-state index in [1.54, 1.807) is 18.6 Å². The van der Waals surface area contributed by atoms with Crippen molar-refractivity contribution in [3.05, 3.63) is 47.0 Å². The molecule has 0 aliphatic carbocycles. The minimum Gasteiger partial charge on any atom is -0.497 e. The minimum atomic E-state index is -0.303. The van der Waals surface area contributed by atoms with Gasteiger partial charge in [-0.05, 0) is 23.8 Å². The van der Waals surface area contributed by atoms with Crippen LogP contribution >= 0.6 is 11.3 Å². The van der Waals surface area contributed by atoms with E-state index in [0.29, 0.717) is 10.8 Å². The molecule has 1 N–H and O–H groups in total. The number of aromatic nitrogens is 1. The molecule has 1 amide bonds. The number of amides is 1. The van der Waals surface area contributed by atoms with Crippen molar-refractivity contribution in [2.75, 3.05) is 12.4 Å². The molecular formula is C15H14N2O3S. The highest BCUT2D eigenvalue weighted by Crippen LogP contribution is 2.16. The average Bonchev–Trinajstić information content (AvgIpc) is 2.94. The number of thiazole rings is 1. The number of hydrogen-bond donors (Lipinski definition) is 1. The summed E-state index contributed by atoms with van der Waals surface area (Å²) in [7, 11) is 1.59. The van der Waals surface area contributed by atoms with Crippen molar-refractivity contribution < 1.29 is 14.3 Å². The molecule has 108 valence electrons. The number of nitrogens with zero attached hydrogens (tertiary/aromatic N) is 1. The summed E-state index contributed by atoms with van der Waals surface area (Å²) in [4.78, 5) is 26.9. The van der Waals surface area contributed by atoms with Gasteiger partial charge in [-0.1, -0.05) is 12.1 Å². The van der Waals surface area contributed by atoms with Gasteiger partial charge in [0.2, 0.25) is 5.91 Å². The molecule has 1 heterocycles. The smallest absolute Gasteiger partial charge is 0.250 e. The van der Waals surface area contributed by atoms with E-state index in [2.05, 4.69) is 10.3 Å². The lowest BCUT2D eigenvalue weighted by Crippen LogP contribution is -2.07. The van der Waals surface area contributed by atoms with Crippen molar-refractivity contribution in [3.63, 3.8) is 0 Å². The average molecular weight is 302 g/mol. The molecule has 0 fully saturated rings. The quantitative estimate of drug-likeness (QED) is 0.681. The first-order valence-electron chi connectivity index (χ1n) is 6.18. The van der Waals surface area contributed by atoms with Crippen LogP contribution in [0.3, 0.4) is 0 Å². The van der Waals surface area contributed by atoms with Crippen LogP contribution in [0.15, 0.2) is 35.7 Å². The summed E-state index contributed by atoms with van der Waals surface area (Å²) in [6, 6.07) is 7.36. The van der Waals surface area contributed by atoms with E-state index < -0.39 is 0 Å². The number of hydrogen-bond acceptors (Lipinski definition) is 5. The summed E-state index contributed by atoms with van der Waals surface area (Å²) in [5.41, 5.74) is 1.21. The third-order valence-corrected chi connectivity index (χ3v) is 3.37. The zero-order chi connectivity index (χ0) is 15.2. The Labute approximate surface area is 126 Å². The summed E-state index contributed by atoms with van der Waals surface area (Å²) >= 11 is 1.22. The molecule has 0 aliphatic rings. The number of ether oxygens (including phenoxy) is 1. The largest absolute Gasteiger partial charge is 0.497 e. The van der Waals surface area contributed by atoms with Crippen LogP contribution in [0.4, 0.5) is 5.13 Å². The number of Topliss-reactive ketones (excluding diaryl/α,β-unsaturated/α-hetero) is 1. The Bertz CT molecular complexity index is 692. The Morgan fingerprint density at radius 3 is 2.86 bits per heavy atom. The van der Waals surface area contributed by atoms with Gasteiger partial charge in [-0.3, -0.25) is 14.9 Å². The van der Waals surface area contributed by atoms with Crippen molar-refractivity contribution in [1.29, 1.82) is 0 Å². The van der Waals surface area contributed by atoms with Crippen molar-refractivity contribution >= 4 is 34.2 Å². The fourth-order valence-corrected chi connectivity index (χ4v) is 2.31. The van der Waals surface area contributed by atoms with Gasteiger partial charge in [0, 0.05) is 18.4 Å². The van der Waals surface area contributed by atoms with E-state index in [0.717, 1.165) is 11.3 Å². The molecule has 0 atom stereocenters. The van der Waals surface area contributed by atoms with Crippen molar-refractivity contribution in [2.45, 2.75) is 6.92 Å². The van der Waals surface area contributed by atoms with Gasteiger partial charge in [0.1, 0.15) is 11.4 Å². The van der Waals surface area contributed by atoms with Crippen LogP contribution in [0.2, 0.25) is 0 Å². The van der Waals surface area contributed by atoms with E-state index >= 15 is 0 Å². The highest BCUT2D eigenvalue weighted by molar-refractivity contribution is 7.14. The predicted octanol–water partition coefficient (Wildman–Crippen LogP) is 3.01. The molecule has 2 aromatic rings. The van der Waals surface area contributed by atoms with Crippen LogP contribution in [0, 0.1) is 0 Å². The second-order valence-electron chi connectivity index (χ2n) is 4.19. The van der Waals surface area contributed by atoms with Gasteiger partial charge in [0.25, 0.3) is 0 Å². The summed E-state index contributed by atoms with van der Waals surface area (Å²) in [5.74, 6) is 0.296. The lowest BCUT2D eigenvalue weighted by Gasteiger charge is -2.00. The number of carbonyl (C=O) groups is 2. The van der Waals surface area contributed by atoms with Crippen LogP contribution in [0.25, 0.3) is 6.08 Å². The first kappa shape index (κ1) is 14.9. The Kier molecular flexibility index (Phi) is 4.84. The van der Waals surface area contributed by atoms with Gasteiger partial charge in [0.05, 0.1) is 7.11 Å². The van der Waals surface area contributed by atoms with Gasteiger partial charge < -0.3 is 4.74 Å². The minimum absolute atomic E-state index is 0.126. The summed E-state index contributed by atoms with van der Waals surface area (Å²) in [6.45, 7) is 1.43. The lowest BCUT2D eigenvalue weighted by atomic mass is 10.2. The molecule has 0 unspecified atom stereocenters. The highest BCUT2D eigenvalue weighted by Gasteiger charge is 2.07. The number of rotatable bonds is 5. The van der Waals surface area contributed by atoms with Crippen molar-refractivity contribution in [3.8, 4) is 5.75 Å². The maximum atomic E-state index is 11.8. The maximum Gasteiger partial charge on any atom is 0.250 e. The Morgan fingerprint density at radius 1 is 1.38 bits per heavy atom. The third kappa shape index (κ3) is 4.25. The normalized spacial score (nSPS) is 10.6. The van der Waals surface area contributed by atoms with Gasteiger partial charge in [0.15, 0.2) is 10.9 Å². The molecule has 1 aromatic heterocycles. The third-order valence-electron chi connectivity index (χ3n) is 2.62. The van der Waals surface area contributed by atoms with Gasteiger partial charge >= 0.3 is 0 Å². The van der Waals surface area contributed by atoms with E-state index in [-0.39, 0.29) is 11.7 Å². The predicted molar refractivity (Wildman–Crippen MR) is 82.8 cm³/mol. The molecule has 0 saturated heterocycles. The summed E-state index contributed by atoms with van der Waals surface area (Å²) in [5, 5.41) is 4.63. The van der Waals surface area contributed by atoms with Crippen LogP contribution in [0.1, 0.15) is 23.0 Å². The number of ketones is 1. The SMILES string of the molecule is COc1cccc(/C=C/C(=O)Nc2nc(C(C)=O)cs2)c1. The molecule has 21 heavy (non-hydrogen) atoms. The molecule has 0 aliphatic heterocycles. The first-order valence-corrected chi connectivity index (χ1v) is 7.06. The second-order valence-corrected chi connectivity index (χ2v) is 5.05. The van der Waals surface area contributed by atoms with Gasteiger partial charge in [-0.25, -0.2) is 4.98 Å². The van der Waals surface area contributed by atoms with E-state index in [1.165, 1.54) is 24.3 Å². The highest BCUT2D eigenvalue weighted by atomic mass is 32.1. The topological polar surface area (TPSA) is 68.3 Å². The maximum absolute atomic E-state index is 11.8. The Hall–Kier alpha value is -2.47. The van der Waals surface area contributed by atoms with Crippen LogP contribution < -0.4 is 10.1 Å². The fraction of sp³-hybridized carbons (Fsp3) is 0.133. The summed E-state index contributed by atoms with van der Waals surface area (Å²) < 4.78 is 5.11. The van der Waals surface area contributed by atoms with Gasteiger partial charge in [-0.2, -0.15) is 0 Å². The van der Waals surface area contributed by atoms with E-state index in [9.17, 15) is 9.59 Å². The molecule has 2 rings (SSSR count). The zero-order valence-corrected chi connectivity index (χ0v) is 12.4. The summed E-state index contributed by atoms with van der Waals surface area (Å²) in [6.07, 6.45) is 3.08. The first-order chi connectivity index (χ1) is 10.1. The fourth-order valence-electron chi connectivity index (χ4n) is 1.56. The molecule has 0 spiro atoms. The number of anilines is 1.